The Bertz CT molecular complexity index is 874. The van der Waals surface area contributed by atoms with Gasteiger partial charge in [0.2, 0.25) is 0 Å². The fourth-order valence-electron chi connectivity index (χ4n) is 2.10. The minimum absolute atomic E-state index is 0.0826. The maximum atomic E-state index is 13.0. The SMILES string of the molecule is N#Cc1c(-c2ccsc2)cc(-c2ccc(F)cc2)[nH]c1=O. The lowest BCUT2D eigenvalue weighted by Gasteiger charge is -2.06. The molecule has 3 nitrogen and oxygen atoms in total. The van der Waals surface area contributed by atoms with E-state index in [4.69, 9.17) is 0 Å². The van der Waals surface area contributed by atoms with Crippen LogP contribution in [0.15, 0.2) is 52.0 Å². The van der Waals surface area contributed by atoms with E-state index >= 15 is 0 Å². The highest BCUT2D eigenvalue weighted by molar-refractivity contribution is 7.08. The molecule has 0 fully saturated rings. The molecule has 0 spiro atoms. The summed E-state index contributed by atoms with van der Waals surface area (Å²) in [6.07, 6.45) is 0. The van der Waals surface area contributed by atoms with Crippen LogP contribution in [-0.4, -0.2) is 4.98 Å². The van der Waals surface area contributed by atoms with Crippen molar-refractivity contribution in [2.45, 2.75) is 0 Å². The number of thiophene rings is 1. The van der Waals surface area contributed by atoms with Crippen molar-refractivity contribution in [1.82, 2.24) is 4.98 Å². The van der Waals surface area contributed by atoms with E-state index in [0.717, 1.165) is 5.56 Å². The van der Waals surface area contributed by atoms with Crippen LogP contribution in [0.5, 0.6) is 0 Å². The number of aromatic nitrogens is 1. The minimum Gasteiger partial charge on any atom is -0.321 e. The molecule has 21 heavy (non-hydrogen) atoms. The Morgan fingerprint density at radius 2 is 1.90 bits per heavy atom. The van der Waals surface area contributed by atoms with Gasteiger partial charge in [0.25, 0.3) is 5.56 Å². The summed E-state index contributed by atoms with van der Waals surface area (Å²) in [6.45, 7) is 0. The van der Waals surface area contributed by atoms with Crippen LogP contribution in [0, 0.1) is 17.1 Å². The monoisotopic (exact) mass is 296 g/mol. The number of nitriles is 1. The average molecular weight is 296 g/mol. The van der Waals surface area contributed by atoms with Gasteiger partial charge in [-0.25, -0.2) is 4.39 Å². The molecule has 0 amide bonds. The van der Waals surface area contributed by atoms with Gasteiger partial charge in [-0.1, -0.05) is 0 Å². The lowest BCUT2D eigenvalue weighted by Crippen LogP contribution is -2.12. The Hall–Kier alpha value is -2.71. The predicted octanol–water partition coefficient (Wildman–Crippen LogP) is 3.78. The molecule has 0 aliphatic carbocycles. The average Bonchev–Trinajstić information content (AvgIpc) is 3.01. The molecular weight excluding hydrogens is 287 g/mol. The number of halogens is 1. The number of benzene rings is 1. The number of rotatable bonds is 2. The van der Waals surface area contributed by atoms with Gasteiger partial charge in [0.15, 0.2) is 0 Å². The van der Waals surface area contributed by atoms with Gasteiger partial charge in [0, 0.05) is 11.3 Å². The molecule has 3 rings (SSSR count). The molecule has 0 bridgehead atoms. The van der Waals surface area contributed by atoms with Crippen LogP contribution in [0.2, 0.25) is 0 Å². The third-order valence-corrected chi connectivity index (χ3v) is 3.82. The highest BCUT2D eigenvalue weighted by Crippen LogP contribution is 2.27. The first kappa shape index (κ1) is 13.3. The molecule has 0 aliphatic rings. The molecule has 2 aromatic heterocycles. The maximum absolute atomic E-state index is 13.0. The normalized spacial score (nSPS) is 10.3. The van der Waals surface area contributed by atoms with Gasteiger partial charge < -0.3 is 4.98 Å². The quantitative estimate of drug-likeness (QED) is 0.782. The highest BCUT2D eigenvalue weighted by atomic mass is 32.1. The summed E-state index contributed by atoms with van der Waals surface area (Å²) in [5.74, 6) is -0.340. The number of aromatic amines is 1. The predicted molar refractivity (Wildman–Crippen MR) is 80.5 cm³/mol. The first-order valence-electron chi connectivity index (χ1n) is 6.15. The number of hydrogen-bond donors (Lipinski definition) is 1. The van der Waals surface area contributed by atoms with Crippen LogP contribution < -0.4 is 5.56 Å². The van der Waals surface area contributed by atoms with Crippen molar-refractivity contribution in [3.05, 3.63) is 68.9 Å². The van der Waals surface area contributed by atoms with E-state index in [0.29, 0.717) is 16.8 Å². The summed E-state index contributed by atoms with van der Waals surface area (Å²) in [5.41, 5.74) is 2.29. The van der Waals surface area contributed by atoms with Gasteiger partial charge in [-0.2, -0.15) is 16.6 Å². The molecule has 0 radical (unpaired) electrons. The van der Waals surface area contributed by atoms with Gasteiger partial charge >= 0.3 is 0 Å². The highest BCUT2D eigenvalue weighted by Gasteiger charge is 2.12. The summed E-state index contributed by atoms with van der Waals surface area (Å²) in [6, 6.07) is 11.4. The minimum atomic E-state index is -0.444. The smallest absolute Gasteiger partial charge is 0.266 e. The number of hydrogen-bond acceptors (Lipinski definition) is 3. The van der Waals surface area contributed by atoms with Crippen molar-refractivity contribution in [3.8, 4) is 28.5 Å². The molecule has 0 atom stereocenters. The van der Waals surface area contributed by atoms with Crippen molar-refractivity contribution in [1.29, 1.82) is 5.26 Å². The molecule has 102 valence electrons. The molecular formula is C16H9FN2OS. The van der Waals surface area contributed by atoms with E-state index in [1.807, 2.05) is 22.9 Å². The Labute approximate surface area is 123 Å². The number of pyridine rings is 1. The van der Waals surface area contributed by atoms with E-state index in [1.165, 1.54) is 23.5 Å². The van der Waals surface area contributed by atoms with Gasteiger partial charge in [-0.15, -0.1) is 0 Å². The maximum Gasteiger partial charge on any atom is 0.266 e. The van der Waals surface area contributed by atoms with Gasteiger partial charge in [-0.05, 0) is 58.3 Å². The van der Waals surface area contributed by atoms with Crippen molar-refractivity contribution in [2.24, 2.45) is 0 Å². The van der Waals surface area contributed by atoms with Crippen LogP contribution in [0.3, 0.4) is 0 Å². The van der Waals surface area contributed by atoms with E-state index in [1.54, 1.807) is 18.2 Å². The molecule has 2 heterocycles. The second-order valence-corrected chi connectivity index (χ2v) is 5.21. The van der Waals surface area contributed by atoms with Gasteiger partial charge in [-0.3, -0.25) is 4.79 Å². The molecule has 1 aromatic carbocycles. The topological polar surface area (TPSA) is 56.6 Å². The first-order valence-corrected chi connectivity index (χ1v) is 7.09. The summed E-state index contributed by atoms with van der Waals surface area (Å²) < 4.78 is 13.0. The van der Waals surface area contributed by atoms with Crippen LogP contribution in [0.25, 0.3) is 22.4 Å². The van der Waals surface area contributed by atoms with Crippen LogP contribution >= 0.6 is 11.3 Å². The second kappa shape index (κ2) is 5.35. The summed E-state index contributed by atoms with van der Waals surface area (Å²) in [4.78, 5) is 14.7. The molecule has 0 saturated heterocycles. The fraction of sp³-hybridized carbons (Fsp3) is 0. The van der Waals surface area contributed by atoms with Gasteiger partial charge in [0.05, 0.1) is 0 Å². The van der Waals surface area contributed by atoms with E-state index < -0.39 is 5.56 Å². The lowest BCUT2D eigenvalue weighted by atomic mass is 10.0. The fourth-order valence-corrected chi connectivity index (χ4v) is 2.76. The largest absolute Gasteiger partial charge is 0.321 e. The van der Waals surface area contributed by atoms with Crippen molar-refractivity contribution < 1.29 is 4.39 Å². The van der Waals surface area contributed by atoms with Crippen LogP contribution in [-0.2, 0) is 0 Å². The molecule has 0 saturated carbocycles. The Kier molecular flexibility index (Phi) is 3.38. The zero-order valence-corrected chi connectivity index (χ0v) is 11.6. The number of H-pyrrole nitrogens is 1. The Balaban J connectivity index is 2.23. The first-order chi connectivity index (χ1) is 10.2. The summed E-state index contributed by atoms with van der Waals surface area (Å²) >= 11 is 1.49. The van der Waals surface area contributed by atoms with Crippen molar-refractivity contribution in [2.75, 3.05) is 0 Å². The Morgan fingerprint density at radius 1 is 1.14 bits per heavy atom. The van der Waals surface area contributed by atoms with E-state index in [-0.39, 0.29) is 11.4 Å². The Morgan fingerprint density at radius 3 is 2.52 bits per heavy atom. The lowest BCUT2D eigenvalue weighted by molar-refractivity contribution is 0.628. The number of nitrogens with one attached hydrogen (secondary N) is 1. The molecule has 1 N–H and O–H groups in total. The van der Waals surface area contributed by atoms with Crippen LogP contribution in [0.1, 0.15) is 5.56 Å². The van der Waals surface area contributed by atoms with E-state index in [9.17, 15) is 14.4 Å². The van der Waals surface area contributed by atoms with Gasteiger partial charge in [0.1, 0.15) is 17.4 Å². The molecule has 0 unspecified atom stereocenters. The zero-order valence-electron chi connectivity index (χ0n) is 10.8. The van der Waals surface area contributed by atoms with Crippen molar-refractivity contribution in [3.63, 3.8) is 0 Å². The number of nitrogens with zero attached hydrogens (tertiary/aromatic N) is 1. The summed E-state index contributed by atoms with van der Waals surface area (Å²) in [5, 5.41) is 12.9. The third kappa shape index (κ3) is 2.49. The molecule has 5 heteroatoms. The van der Waals surface area contributed by atoms with Crippen molar-refractivity contribution >= 4 is 11.3 Å². The standard InChI is InChI=1S/C16H9FN2OS/c17-12-3-1-10(2-4-12)15-7-13(11-5-6-21-9-11)14(8-18)16(20)19-15/h1-7,9H,(H,19,20). The third-order valence-electron chi connectivity index (χ3n) is 3.13. The van der Waals surface area contributed by atoms with E-state index in [2.05, 4.69) is 4.98 Å². The zero-order chi connectivity index (χ0) is 14.8. The molecule has 3 aromatic rings. The van der Waals surface area contributed by atoms with Crippen LogP contribution in [0.4, 0.5) is 4.39 Å². The summed E-state index contributed by atoms with van der Waals surface area (Å²) in [7, 11) is 0. The second-order valence-electron chi connectivity index (χ2n) is 4.43. The molecule has 0 aliphatic heterocycles.